The van der Waals surface area contributed by atoms with Gasteiger partial charge in [0.15, 0.2) is 0 Å². The summed E-state index contributed by atoms with van der Waals surface area (Å²) in [6.45, 7) is 0. The minimum Gasteiger partial charge on any atom is -0.254 e. The summed E-state index contributed by atoms with van der Waals surface area (Å²) in [5, 5.41) is 12.5. The first-order chi connectivity index (χ1) is 20.8. The summed E-state index contributed by atoms with van der Waals surface area (Å²) in [4.78, 5) is 9.70. The molecule has 0 saturated heterocycles. The van der Waals surface area contributed by atoms with Gasteiger partial charge in [0, 0.05) is 22.5 Å². The summed E-state index contributed by atoms with van der Waals surface area (Å²) in [6.07, 6.45) is 1.84. The van der Waals surface area contributed by atoms with E-state index in [1.807, 2.05) is 12.3 Å². The van der Waals surface area contributed by atoms with Gasteiger partial charge in [0.25, 0.3) is 0 Å². The summed E-state index contributed by atoms with van der Waals surface area (Å²) in [5.41, 5.74) is 6.36. The fourth-order valence-electron chi connectivity index (χ4n) is 6.71. The Balaban J connectivity index is 1.26. The lowest BCUT2D eigenvalue weighted by atomic mass is 9.87. The lowest BCUT2D eigenvalue weighted by Crippen LogP contribution is -1.90. The molecule has 0 radical (unpaired) electrons. The summed E-state index contributed by atoms with van der Waals surface area (Å²) in [6, 6.07) is 50.2. The minimum atomic E-state index is 0.939. The highest BCUT2D eigenvalue weighted by molar-refractivity contribution is 6.33. The molecule has 2 heteroatoms. The Hall–Kier alpha value is -5.60. The van der Waals surface area contributed by atoms with E-state index in [4.69, 9.17) is 4.98 Å². The maximum atomic E-state index is 5.07. The smallest absolute Gasteiger partial charge is 0.0972 e. The SMILES string of the molecule is c1cnc2c(c1)ccc1ccc(-c3ccc(-c4cc5c6ccccc6c6ccccc6c5c5ccccc45)cc3)nc12. The van der Waals surface area contributed by atoms with E-state index in [1.54, 1.807) is 0 Å². The number of pyridine rings is 2. The second-order valence-electron chi connectivity index (χ2n) is 11.0. The number of fused-ring (bicyclic) bond motifs is 11. The summed E-state index contributed by atoms with van der Waals surface area (Å²) < 4.78 is 0. The van der Waals surface area contributed by atoms with Gasteiger partial charge in [-0.25, -0.2) is 4.98 Å². The van der Waals surface area contributed by atoms with Crippen molar-refractivity contribution in [2.24, 2.45) is 0 Å². The maximum Gasteiger partial charge on any atom is 0.0972 e. The molecule has 0 bridgehead atoms. The molecule has 0 fully saturated rings. The van der Waals surface area contributed by atoms with E-state index in [0.717, 1.165) is 33.1 Å². The molecule has 2 aromatic heterocycles. The highest BCUT2D eigenvalue weighted by Crippen LogP contribution is 2.42. The number of benzene rings is 7. The zero-order valence-corrected chi connectivity index (χ0v) is 22.8. The van der Waals surface area contributed by atoms with Crippen LogP contribution in [0.25, 0.3) is 87.3 Å². The highest BCUT2D eigenvalue weighted by Gasteiger charge is 2.15. The van der Waals surface area contributed by atoms with Crippen LogP contribution in [0.1, 0.15) is 0 Å². The first-order valence-electron chi connectivity index (χ1n) is 14.3. The van der Waals surface area contributed by atoms with E-state index in [2.05, 4.69) is 138 Å². The molecule has 2 heterocycles. The fourth-order valence-corrected chi connectivity index (χ4v) is 6.71. The van der Waals surface area contributed by atoms with Crippen molar-refractivity contribution in [1.29, 1.82) is 0 Å². The largest absolute Gasteiger partial charge is 0.254 e. The van der Waals surface area contributed by atoms with Crippen LogP contribution in [0.5, 0.6) is 0 Å². The van der Waals surface area contributed by atoms with Crippen molar-refractivity contribution in [3.8, 4) is 22.4 Å². The monoisotopic (exact) mass is 532 g/mol. The van der Waals surface area contributed by atoms with Gasteiger partial charge in [0.1, 0.15) is 0 Å². The third-order valence-electron chi connectivity index (χ3n) is 8.67. The third-order valence-corrected chi connectivity index (χ3v) is 8.67. The minimum absolute atomic E-state index is 0.939. The Bertz CT molecular complexity index is 2510. The lowest BCUT2D eigenvalue weighted by molar-refractivity contribution is 1.37. The van der Waals surface area contributed by atoms with Gasteiger partial charge >= 0.3 is 0 Å². The Labute approximate surface area is 242 Å². The average molecular weight is 533 g/mol. The normalized spacial score (nSPS) is 11.8. The molecule has 42 heavy (non-hydrogen) atoms. The Morgan fingerprint density at radius 2 is 0.929 bits per heavy atom. The van der Waals surface area contributed by atoms with E-state index < -0.39 is 0 Å². The topological polar surface area (TPSA) is 25.8 Å². The van der Waals surface area contributed by atoms with E-state index in [9.17, 15) is 0 Å². The molecule has 0 aliphatic rings. The standard InChI is InChI=1S/C40H24N2/c1-2-11-31-29(9-1)30-10-3-5-13-33(30)38-34-14-6-4-12-32(34)35(24-36(31)38)25-15-17-26(18-16-25)37-22-21-28-20-19-27-8-7-23-41-39(27)40(28)42-37/h1-24H. The number of rotatable bonds is 2. The Kier molecular flexibility index (Phi) is 4.93. The van der Waals surface area contributed by atoms with Crippen LogP contribution < -0.4 is 0 Å². The number of hydrogen-bond donors (Lipinski definition) is 0. The predicted octanol–water partition coefficient (Wildman–Crippen LogP) is 10.7. The van der Waals surface area contributed by atoms with Gasteiger partial charge in [-0.2, -0.15) is 0 Å². The number of nitrogens with zero attached hydrogens (tertiary/aromatic N) is 2. The van der Waals surface area contributed by atoms with Crippen LogP contribution >= 0.6 is 0 Å². The number of hydrogen-bond acceptors (Lipinski definition) is 2. The zero-order valence-electron chi connectivity index (χ0n) is 22.8. The molecule has 0 aliphatic heterocycles. The van der Waals surface area contributed by atoms with Crippen molar-refractivity contribution in [3.63, 3.8) is 0 Å². The van der Waals surface area contributed by atoms with Gasteiger partial charge in [-0.1, -0.05) is 121 Å². The molecule has 0 N–H and O–H groups in total. The van der Waals surface area contributed by atoms with E-state index in [0.29, 0.717) is 0 Å². The van der Waals surface area contributed by atoms with Gasteiger partial charge in [0.2, 0.25) is 0 Å². The van der Waals surface area contributed by atoms with Crippen LogP contribution in [0.3, 0.4) is 0 Å². The molecule has 0 atom stereocenters. The maximum absolute atomic E-state index is 5.07. The molecule has 0 spiro atoms. The molecule has 7 aromatic carbocycles. The molecule has 9 aromatic rings. The van der Waals surface area contributed by atoms with Crippen molar-refractivity contribution in [1.82, 2.24) is 9.97 Å². The summed E-state index contributed by atoms with van der Waals surface area (Å²) >= 11 is 0. The van der Waals surface area contributed by atoms with Crippen molar-refractivity contribution in [2.75, 3.05) is 0 Å². The lowest BCUT2D eigenvalue weighted by Gasteiger charge is -2.16. The highest BCUT2D eigenvalue weighted by atomic mass is 14.7. The third kappa shape index (κ3) is 3.39. The zero-order chi connectivity index (χ0) is 27.6. The van der Waals surface area contributed by atoms with Crippen LogP contribution in [-0.4, -0.2) is 9.97 Å². The van der Waals surface area contributed by atoms with Gasteiger partial charge in [0.05, 0.1) is 16.7 Å². The van der Waals surface area contributed by atoms with Gasteiger partial charge in [-0.15, -0.1) is 0 Å². The van der Waals surface area contributed by atoms with Gasteiger partial charge in [-0.05, 0) is 72.4 Å². The van der Waals surface area contributed by atoms with Gasteiger partial charge in [-0.3, -0.25) is 4.98 Å². The number of aromatic nitrogens is 2. The molecule has 9 rings (SSSR count). The fraction of sp³-hybridized carbons (Fsp3) is 0. The van der Waals surface area contributed by atoms with Crippen LogP contribution in [0, 0.1) is 0 Å². The Morgan fingerprint density at radius 3 is 1.67 bits per heavy atom. The van der Waals surface area contributed by atoms with Crippen LogP contribution in [0.2, 0.25) is 0 Å². The summed E-state index contributed by atoms with van der Waals surface area (Å²) in [7, 11) is 0. The van der Waals surface area contributed by atoms with E-state index in [-0.39, 0.29) is 0 Å². The predicted molar refractivity (Wildman–Crippen MR) is 178 cm³/mol. The van der Waals surface area contributed by atoms with E-state index >= 15 is 0 Å². The van der Waals surface area contributed by atoms with Crippen LogP contribution in [-0.2, 0) is 0 Å². The van der Waals surface area contributed by atoms with E-state index in [1.165, 1.54) is 54.2 Å². The van der Waals surface area contributed by atoms with Crippen molar-refractivity contribution >= 4 is 64.9 Å². The average Bonchev–Trinajstić information content (AvgIpc) is 3.07. The van der Waals surface area contributed by atoms with Crippen molar-refractivity contribution in [3.05, 3.63) is 146 Å². The Morgan fingerprint density at radius 1 is 0.381 bits per heavy atom. The molecular formula is C40H24N2. The van der Waals surface area contributed by atoms with Crippen molar-refractivity contribution in [2.45, 2.75) is 0 Å². The van der Waals surface area contributed by atoms with Crippen LogP contribution in [0.15, 0.2) is 146 Å². The molecule has 0 saturated carbocycles. The van der Waals surface area contributed by atoms with Crippen LogP contribution in [0.4, 0.5) is 0 Å². The molecule has 194 valence electrons. The first kappa shape index (κ1) is 23.1. The second kappa shape index (κ2) is 8.95. The molecular weight excluding hydrogens is 508 g/mol. The van der Waals surface area contributed by atoms with Crippen molar-refractivity contribution < 1.29 is 0 Å². The first-order valence-corrected chi connectivity index (χ1v) is 14.3. The second-order valence-corrected chi connectivity index (χ2v) is 11.0. The van der Waals surface area contributed by atoms with Gasteiger partial charge < -0.3 is 0 Å². The molecule has 0 unspecified atom stereocenters. The summed E-state index contributed by atoms with van der Waals surface area (Å²) in [5.74, 6) is 0. The molecule has 2 nitrogen and oxygen atoms in total. The quantitative estimate of drug-likeness (QED) is 0.207. The molecule has 0 amide bonds. The molecule has 0 aliphatic carbocycles.